The second-order valence-corrected chi connectivity index (χ2v) is 11.8. The lowest BCUT2D eigenvalue weighted by Gasteiger charge is -2.22. The molecule has 0 spiro atoms. The zero-order chi connectivity index (χ0) is 25.1. The second-order valence-electron chi connectivity index (χ2n) is 11.8. The molecule has 0 aliphatic heterocycles. The zero-order valence-corrected chi connectivity index (χ0v) is 21.8. The maximum atomic E-state index is 2.48. The third-order valence-corrected chi connectivity index (χ3v) is 9.20. The average Bonchev–Trinajstić information content (AvgIpc) is 3.45. The molecule has 0 bridgehead atoms. The minimum atomic E-state index is -0.00775. The van der Waals surface area contributed by atoms with Crippen LogP contribution in [-0.4, -0.2) is 4.57 Å². The summed E-state index contributed by atoms with van der Waals surface area (Å²) in [4.78, 5) is 0. The minimum Gasteiger partial charge on any atom is -0.309 e. The highest BCUT2D eigenvalue weighted by Crippen LogP contribution is 2.52. The SMILES string of the molecule is CC1(C)c2ccccc2-c2cc(-n3c4ccccc4c4cc5c(cc43)-c3ccccc3C5(C)C)ccc21. The molecule has 1 nitrogen and oxygen atoms in total. The van der Waals surface area contributed by atoms with Gasteiger partial charge in [-0.2, -0.15) is 0 Å². The summed E-state index contributed by atoms with van der Waals surface area (Å²) in [6.45, 7) is 9.42. The van der Waals surface area contributed by atoms with Crippen molar-refractivity contribution in [3.8, 4) is 27.9 Å². The van der Waals surface area contributed by atoms with Crippen molar-refractivity contribution in [3.05, 3.63) is 125 Å². The van der Waals surface area contributed by atoms with Gasteiger partial charge in [-0.15, -0.1) is 0 Å². The van der Waals surface area contributed by atoms with Crippen LogP contribution in [0.5, 0.6) is 0 Å². The summed E-state index contributed by atoms with van der Waals surface area (Å²) < 4.78 is 2.48. The van der Waals surface area contributed by atoms with E-state index >= 15 is 0 Å². The Labute approximate surface area is 218 Å². The van der Waals surface area contributed by atoms with Crippen LogP contribution in [0.2, 0.25) is 0 Å². The molecule has 0 unspecified atom stereocenters. The van der Waals surface area contributed by atoms with E-state index in [0.29, 0.717) is 0 Å². The molecule has 6 aromatic rings. The van der Waals surface area contributed by atoms with E-state index in [1.165, 1.54) is 72.0 Å². The predicted octanol–water partition coefficient (Wildman–Crippen LogP) is 9.40. The molecule has 0 amide bonds. The van der Waals surface area contributed by atoms with Gasteiger partial charge in [-0.1, -0.05) is 100 Å². The first kappa shape index (κ1) is 21.0. The Morgan fingerprint density at radius 3 is 1.73 bits per heavy atom. The van der Waals surface area contributed by atoms with Gasteiger partial charge in [-0.3, -0.25) is 0 Å². The quantitative estimate of drug-likeness (QED) is 0.223. The van der Waals surface area contributed by atoms with Crippen molar-refractivity contribution in [2.24, 2.45) is 0 Å². The molecule has 178 valence electrons. The van der Waals surface area contributed by atoms with Crippen LogP contribution in [-0.2, 0) is 10.8 Å². The fourth-order valence-electron chi connectivity index (χ4n) is 7.29. The largest absolute Gasteiger partial charge is 0.309 e. The summed E-state index contributed by atoms with van der Waals surface area (Å²) >= 11 is 0. The maximum Gasteiger partial charge on any atom is 0.0547 e. The summed E-state index contributed by atoms with van der Waals surface area (Å²) in [5, 5.41) is 2.64. The van der Waals surface area contributed by atoms with Gasteiger partial charge < -0.3 is 4.57 Å². The number of nitrogens with zero attached hydrogens (tertiary/aromatic N) is 1. The van der Waals surface area contributed by atoms with Crippen LogP contribution >= 0.6 is 0 Å². The fraction of sp³-hybridized carbons (Fsp3) is 0.167. The van der Waals surface area contributed by atoms with Crippen LogP contribution in [0.3, 0.4) is 0 Å². The molecular weight excluding hydrogens is 446 g/mol. The molecule has 1 heteroatoms. The van der Waals surface area contributed by atoms with E-state index < -0.39 is 0 Å². The van der Waals surface area contributed by atoms with Gasteiger partial charge in [0.05, 0.1) is 11.0 Å². The van der Waals surface area contributed by atoms with Crippen LogP contribution in [0, 0.1) is 0 Å². The normalized spacial score (nSPS) is 16.0. The van der Waals surface area contributed by atoms with Crippen molar-refractivity contribution >= 4 is 21.8 Å². The molecule has 5 aromatic carbocycles. The maximum absolute atomic E-state index is 2.48. The highest BCUT2D eigenvalue weighted by molar-refractivity contribution is 6.11. The van der Waals surface area contributed by atoms with Crippen LogP contribution in [0.4, 0.5) is 0 Å². The highest BCUT2D eigenvalue weighted by Gasteiger charge is 2.37. The van der Waals surface area contributed by atoms with Crippen molar-refractivity contribution in [2.75, 3.05) is 0 Å². The lowest BCUT2D eigenvalue weighted by atomic mass is 9.82. The number of hydrogen-bond donors (Lipinski definition) is 0. The summed E-state index contributed by atoms with van der Waals surface area (Å²) in [5.74, 6) is 0. The van der Waals surface area contributed by atoms with Gasteiger partial charge in [0.15, 0.2) is 0 Å². The molecule has 0 saturated carbocycles. The molecule has 0 N–H and O–H groups in total. The molecule has 0 fully saturated rings. The molecule has 0 atom stereocenters. The molecule has 1 aromatic heterocycles. The second kappa shape index (κ2) is 6.81. The summed E-state index contributed by atoms with van der Waals surface area (Å²) in [6.07, 6.45) is 0. The van der Waals surface area contributed by atoms with E-state index in [4.69, 9.17) is 0 Å². The number of fused-ring (bicyclic) bond motifs is 9. The Bertz CT molecular complexity index is 1930. The lowest BCUT2D eigenvalue weighted by molar-refractivity contribution is 0.660. The molecule has 37 heavy (non-hydrogen) atoms. The van der Waals surface area contributed by atoms with E-state index in [9.17, 15) is 0 Å². The monoisotopic (exact) mass is 475 g/mol. The highest BCUT2D eigenvalue weighted by atomic mass is 15.0. The Morgan fingerprint density at radius 2 is 1.00 bits per heavy atom. The number of benzene rings is 5. The van der Waals surface area contributed by atoms with E-state index in [1.807, 2.05) is 0 Å². The average molecular weight is 476 g/mol. The number of para-hydroxylation sites is 1. The van der Waals surface area contributed by atoms with Gasteiger partial charge in [-0.25, -0.2) is 0 Å². The first-order valence-corrected chi connectivity index (χ1v) is 13.3. The first-order chi connectivity index (χ1) is 17.9. The minimum absolute atomic E-state index is 0.00775. The predicted molar refractivity (Wildman–Crippen MR) is 156 cm³/mol. The Balaban J connectivity index is 1.46. The number of rotatable bonds is 1. The van der Waals surface area contributed by atoms with E-state index in [0.717, 1.165) is 0 Å². The van der Waals surface area contributed by atoms with Gasteiger partial charge in [-0.05, 0) is 74.8 Å². The van der Waals surface area contributed by atoms with Crippen LogP contribution < -0.4 is 0 Å². The molecule has 8 rings (SSSR count). The Hall–Kier alpha value is -4.10. The van der Waals surface area contributed by atoms with Gasteiger partial charge in [0.25, 0.3) is 0 Å². The van der Waals surface area contributed by atoms with Gasteiger partial charge in [0.2, 0.25) is 0 Å². The van der Waals surface area contributed by atoms with E-state index in [-0.39, 0.29) is 10.8 Å². The number of aromatic nitrogens is 1. The Kier molecular flexibility index (Phi) is 3.87. The van der Waals surface area contributed by atoms with Gasteiger partial charge >= 0.3 is 0 Å². The molecule has 1 heterocycles. The topological polar surface area (TPSA) is 4.93 Å². The van der Waals surface area contributed by atoms with Crippen LogP contribution in [0.15, 0.2) is 103 Å². The molecule has 2 aliphatic carbocycles. The van der Waals surface area contributed by atoms with Crippen LogP contribution in [0.1, 0.15) is 49.9 Å². The summed E-state index contributed by atoms with van der Waals surface area (Å²) in [5.41, 5.74) is 14.9. The van der Waals surface area contributed by atoms with Gasteiger partial charge in [0.1, 0.15) is 0 Å². The zero-order valence-electron chi connectivity index (χ0n) is 21.8. The van der Waals surface area contributed by atoms with Crippen molar-refractivity contribution < 1.29 is 0 Å². The van der Waals surface area contributed by atoms with Crippen molar-refractivity contribution in [1.29, 1.82) is 0 Å². The van der Waals surface area contributed by atoms with Crippen molar-refractivity contribution in [3.63, 3.8) is 0 Å². The van der Waals surface area contributed by atoms with Crippen LogP contribution in [0.25, 0.3) is 49.7 Å². The molecular formula is C36H29N. The van der Waals surface area contributed by atoms with Crippen molar-refractivity contribution in [2.45, 2.75) is 38.5 Å². The van der Waals surface area contributed by atoms with Crippen molar-refractivity contribution in [1.82, 2.24) is 4.57 Å². The van der Waals surface area contributed by atoms with Gasteiger partial charge in [0, 0.05) is 27.3 Å². The molecule has 0 radical (unpaired) electrons. The smallest absolute Gasteiger partial charge is 0.0547 e. The standard InChI is InChI=1S/C36H29N/c1-35(2)29-14-8-5-11-23(29)26-19-22(17-18-31(26)35)37-33-16-10-7-13-25(33)28-20-32-27(21-34(28)37)24-12-6-9-15-30(24)36(32,3)4/h5-21H,1-4H3. The molecule has 0 saturated heterocycles. The fourth-order valence-corrected chi connectivity index (χ4v) is 7.29. The summed E-state index contributed by atoms with van der Waals surface area (Å²) in [6, 6.07) is 38.7. The lowest BCUT2D eigenvalue weighted by Crippen LogP contribution is -2.14. The Morgan fingerprint density at radius 1 is 0.432 bits per heavy atom. The first-order valence-electron chi connectivity index (χ1n) is 13.3. The third-order valence-electron chi connectivity index (χ3n) is 9.20. The number of hydrogen-bond acceptors (Lipinski definition) is 0. The summed E-state index contributed by atoms with van der Waals surface area (Å²) in [7, 11) is 0. The van der Waals surface area contributed by atoms with E-state index in [2.05, 4.69) is 135 Å². The third kappa shape index (κ3) is 2.54. The van der Waals surface area contributed by atoms with E-state index in [1.54, 1.807) is 0 Å². The molecule has 2 aliphatic rings.